The molecular weight excluding hydrogens is 533 g/mol. The number of benzene rings is 2. The van der Waals surface area contributed by atoms with Gasteiger partial charge in [-0.2, -0.15) is 0 Å². The summed E-state index contributed by atoms with van der Waals surface area (Å²) in [5.41, 5.74) is 0.864. The fraction of sp³-hybridized carbons (Fsp3) is 0.417. The van der Waals surface area contributed by atoms with Crippen molar-refractivity contribution in [2.24, 2.45) is 0 Å². The summed E-state index contributed by atoms with van der Waals surface area (Å²) in [7, 11) is -3.90. The van der Waals surface area contributed by atoms with Crippen LogP contribution in [0.15, 0.2) is 42.5 Å². The summed E-state index contributed by atoms with van der Waals surface area (Å²) in [6.45, 7) is 5.18. The zero-order valence-electron chi connectivity index (χ0n) is 20.1. The van der Waals surface area contributed by atoms with Crippen LogP contribution in [-0.4, -0.2) is 50.0 Å². The quantitative estimate of drug-likeness (QED) is 0.411. The van der Waals surface area contributed by atoms with Crippen LogP contribution in [0.4, 0.5) is 5.69 Å². The molecule has 2 rings (SSSR count). The third kappa shape index (κ3) is 8.27. The second-order valence-electron chi connectivity index (χ2n) is 8.26. The molecular formula is C24H30Cl3N3O4S. The number of carbonyl (C=O) groups excluding carboxylic acids is 2. The molecule has 192 valence electrons. The van der Waals surface area contributed by atoms with Crippen LogP contribution >= 0.6 is 34.8 Å². The molecule has 7 nitrogen and oxygen atoms in total. The average Bonchev–Trinajstić information content (AvgIpc) is 2.78. The lowest BCUT2D eigenvalue weighted by molar-refractivity contribution is -0.140. The minimum atomic E-state index is -3.90. The van der Waals surface area contributed by atoms with Crippen LogP contribution in [0.2, 0.25) is 15.1 Å². The Morgan fingerprint density at radius 3 is 2.09 bits per heavy atom. The Labute approximate surface area is 222 Å². The Balaban J connectivity index is 2.46. The van der Waals surface area contributed by atoms with Gasteiger partial charge >= 0.3 is 0 Å². The van der Waals surface area contributed by atoms with E-state index in [1.54, 1.807) is 31.2 Å². The van der Waals surface area contributed by atoms with Gasteiger partial charge in [-0.3, -0.25) is 13.9 Å². The average molecular weight is 563 g/mol. The van der Waals surface area contributed by atoms with Gasteiger partial charge in [0, 0.05) is 22.6 Å². The lowest BCUT2D eigenvalue weighted by Crippen LogP contribution is -2.53. The minimum Gasteiger partial charge on any atom is -0.352 e. The molecule has 1 N–H and O–H groups in total. The standard InChI is InChI=1S/C24H30Cl3N3O4S/c1-5-16(3)28-24(32)21(6-2)29(14-17-7-9-18(25)10-8-17)23(31)15-30(35(4,33)34)22-12-11-19(26)13-20(22)27/h7-13,16,21H,5-6,14-15H2,1-4H3,(H,28,32)/t16-,21+/m1/s1. The molecule has 0 aromatic heterocycles. The number of halogens is 3. The van der Waals surface area contributed by atoms with Gasteiger partial charge in [-0.1, -0.05) is 60.8 Å². The highest BCUT2D eigenvalue weighted by Crippen LogP contribution is 2.30. The Kier molecular flexibility index (Phi) is 10.7. The molecule has 2 amide bonds. The lowest BCUT2D eigenvalue weighted by atomic mass is 10.1. The Morgan fingerprint density at radius 2 is 1.57 bits per heavy atom. The second-order valence-corrected chi connectivity index (χ2v) is 11.4. The van der Waals surface area contributed by atoms with Crippen LogP contribution < -0.4 is 9.62 Å². The number of nitrogens with zero attached hydrogens (tertiary/aromatic N) is 2. The van der Waals surface area contributed by atoms with Gasteiger partial charge in [0.2, 0.25) is 21.8 Å². The summed E-state index contributed by atoms with van der Waals surface area (Å²) in [5.74, 6) is -0.859. The van der Waals surface area contributed by atoms with Crippen LogP contribution in [0.25, 0.3) is 0 Å². The maximum atomic E-state index is 13.6. The number of rotatable bonds is 11. The number of nitrogens with one attached hydrogen (secondary N) is 1. The van der Waals surface area contributed by atoms with Gasteiger partial charge < -0.3 is 10.2 Å². The highest BCUT2D eigenvalue weighted by atomic mass is 35.5. The number of anilines is 1. The van der Waals surface area contributed by atoms with E-state index in [4.69, 9.17) is 34.8 Å². The first kappa shape index (κ1) is 29.2. The van der Waals surface area contributed by atoms with Gasteiger partial charge in [0.05, 0.1) is 17.0 Å². The molecule has 0 saturated heterocycles. The molecule has 0 saturated carbocycles. The normalized spacial score (nSPS) is 13.1. The zero-order chi connectivity index (χ0) is 26.3. The first-order chi connectivity index (χ1) is 16.4. The monoisotopic (exact) mass is 561 g/mol. The van der Waals surface area contributed by atoms with E-state index in [2.05, 4.69) is 5.32 Å². The summed E-state index contributed by atoms with van der Waals surface area (Å²) >= 11 is 18.2. The maximum Gasteiger partial charge on any atom is 0.244 e. The Bertz CT molecular complexity index is 1140. The van der Waals surface area contributed by atoms with Crippen molar-refractivity contribution in [1.29, 1.82) is 0 Å². The van der Waals surface area contributed by atoms with Gasteiger partial charge in [0.1, 0.15) is 12.6 Å². The van der Waals surface area contributed by atoms with Crippen LogP contribution in [0.1, 0.15) is 39.2 Å². The molecule has 2 aromatic rings. The number of amides is 2. The first-order valence-electron chi connectivity index (χ1n) is 11.1. The SMILES string of the molecule is CC[C@@H](C)NC(=O)[C@H](CC)N(Cc1ccc(Cl)cc1)C(=O)CN(c1ccc(Cl)cc1Cl)S(C)(=O)=O. The zero-order valence-corrected chi connectivity index (χ0v) is 23.2. The molecule has 2 aromatic carbocycles. The third-order valence-electron chi connectivity index (χ3n) is 5.51. The molecule has 0 aliphatic rings. The largest absolute Gasteiger partial charge is 0.352 e. The molecule has 35 heavy (non-hydrogen) atoms. The van der Waals surface area contributed by atoms with E-state index in [0.29, 0.717) is 16.5 Å². The topological polar surface area (TPSA) is 86.8 Å². The van der Waals surface area contributed by atoms with Gasteiger partial charge in [-0.15, -0.1) is 0 Å². The molecule has 11 heteroatoms. The molecule has 0 aliphatic heterocycles. The van der Waals surface area contributed by atoms with Crippen molar-refractivity contribution in [2.45, 2.75) is 52.2 Å². The van der Waals surface area contributed by atoms with Crippen LogP contribution in [0, 0.1) is 0 Å². The molecule has 0 radical (unpaired) electrons. The maximum absolute atomic E-state index is 13.6. The number of sulfonamides is 1. The summed E-state index contributed by atoms with van der Waals surface area (Å²) in [4.78, 5) is 28.1. The summed E-state index contributed by atoms with van der Waals surface area (Å²) in [6, 6.07) is 10.3. The highest BCUT2D eigenvalue weighted by molar-refractivity contribution is 7.92. The predicted molar refractivity (Wildman–Crippen MR) is 143 cm³/mol. The van der Waals surface area contributed by atoms with Crippen molar-refractivity contribution in [2.75, 3.05) is 17.1 Å². The van der Waals surface area contributed by atoms with E-state index in [-0.39, 0.29) is 29.2 Å². The van der Waals surface area contributed by atoms with Crippen molar-refractivity contribution in [3.05, 3.63) is 63.1 Å². The summed E-state index contributed by atoms with van der Waals surface area (Å²) < 4.78 is 26.2. The minimum absolute atomic E-state index is 0.0792. The van der Waals surface area contributed by atoms with Gasteiger partial charge in [0.25, 0.3) is 0 Å². The van der Waals surface area contributed by atoms with Crippen molar-refractivity contribution in [3.8, 4) is 0 Å². The lowest BCUT2D eigenvalue weighted by Gasteiger charge is -2.33. The predicted octanol–water partition coefficient (Wildman–Crippen LogP) is 5.13. The fourth-order valence-corrected chi connectivity index (χ4v) is 4.97. The molecule has 0 unspecified atom stereocenters. The number of hydrogen-bond acceptors (Lipinski definition) is 4. The van der Waals surface area contributed by atoms with Gasteiger partial charge in [-0.05, 0) is 55.7 Å². The van der Waals surface area contributed by atoms with E-state index in [0.717, 1.165) is 22.5 Å². The molecule has 0 heterocycles. The molecule has 2 atom stereocenters. The van der Waals surface area contributed by atoms with Gasteiger partial charge in [-0.25, -0.2) is 8.42 Å². The third-order valence-corrected chi connectivity index (χ3v) is 7.43. The summed E-state index contributed by atoms with van der Waals surface area (Å²) in [6.07, 6.45) is 2.05. The number of hydrogen-bond donors (Lipinski definition) is 1. The van der Waals surface area contributed by atoms with Gasteiger partial charge in [0.15, 0.2) is 0 Å². The Hall–Kier alpha value is -2.00. The van der Waals surface area contributed by atoms with Crippen molar-refractivity contribution < 1.29 is 18.0 Å². The van der Waals surface area contributed by atoms with E-state index in [1.807, 2.05) is 13.8 Å². The van der Waals surface area contributed by atoms with E-state index >= 15 is 0 Å². The first-order valence-corrected chi connectivity index (χ1v) is 14.1. The fourth-order valence-electron chi connectivity index (χ4n) is 3.43. The number of carbonyl (C=O) groups is 2. The van der Waals surface area contributed by atoms with Crippen LogP contribution in [0.3, 0.4) is 0 Å². The highest BCUT2D eigenvalue weighted by Gasteiger charge is 2.32. The molecule has 0 bridgehead atoms. The molecule has 0 fully saturated rings. The smallest absolute Gasteiger partial charge is 0.244 e. The van der Waals surface area contributed by atoms with Crippen LogP contribution in [0.5, 0.6) is 0 Å². The second kappa shape index (κ2) is 12.8. The molecule has 0 aliphatic carbocycles. The van der Waals surface area contributed by atoms with E-state index in [1.165, 1.54) is 23.1 Å². The summed E-state index contributed by atoms with van der Waals surface area (Å²) in [5, 5.41) is 3.87. The van der Waals surface area contributed by atoms with Crippen LogP contribution in [-0.2, 0) is 26.2 Å². The van der Waals surface area contributed by atoms with E-state index < -0.39 is 28.5 Å². The molecule has 0 spiro atoms. The van der Waals surface area contributed by atoms with Crippen molar-refractivity contribution in [1.82, 2.24) is 10.2 Å². The van der Waals surface area contributed by atoms with Crippen molar-refractivity contribution in [3.63, 3.8) is 0 Å². The van der Waals surface area contributed by atoms with E-state index in [9.17, 15) is 18.0 Å². The Morgan fingerprint density at radius 1 is 0.971 bits per heavy atom. The van der Waals surface area contributed by atoms with Crippen molar-refractivity contribution >= 4 is 62.3 Å².